The van der Waals surface area contributed by atoms with Crippen LogP contribution < -0.4 is 0 Å². The van der Waals surface area contributed by atoms with Crippen molar-refractivity contribution in [1.29, 1.82) is 0 Å². The van der Waals surface area contributed by atoms with E-state index < -0.39 is 6.10 Å². The van der Waals surface area contributed by atoms with Crippen LogP contribution in [-0.2, 0) is 6.54 Å². The molecule has 0 aromatic carbocycles. The van der Waals surface area contributed by atoms with Gasteiger partial charge in [0.25, 0.3) is 0 Å². The van der Waals surface area contributed by atoms with Gasteiger partial charge in [-0.05, 0) is 19.1 Å². The summed E-state index contributed by atoms with van der Waals surface area (Å²) in [6.45, 7) is 2.81. The highest BCUT2D eigenvalue weighted by Crippen LogP contribution is 2.30. The minimum Gasteiger partial charge on any atom is -0.381 e. The molecule has 2 rings (SSSR count). The van der Waals surface area contributed by atoms with Gasteiger partial charge in [-0.2, -0.15) is 0 Å². The molecular weight excluding hydrogens is 232 g/mol. The summed E-state index contributed by atoms with van der Waals surface area (Å²) < 4.78 is 2.60. The Morgan fingerprint density at radius 3 is 3.00 bits per heavy atom. The van der Waals surface area contributed by atoms with Crippen LogP contribution in [0.2, 0.25) is 4.34 Å². The number of thiophene rings is 1. The van der Waals surface area contributed by atoms with Crippen LogP contribution in [0.5, 0.6) is 0 Å². The van der Waals surface area contributed by atoms with Gasteiger partial charge in [0.15, 0.2) is 0 Å². The predicted molar refractivity (Wildman–Crippen MR) is 61.3 cm³/mol. The lowest BCUT2D eigenvalue weighted by molar-refractivity contribution is 0.214. The molecule has 5 heteroatoms. The molecule has 0 amide bonds. The van der Waals surface area contributed by atoms with Crippen LogP contribution in [0.1, 0.15) is 23.6 Å². The molecule has 15 heavy (non-hydrogen) atoms. The summed E-state index contributed by atoms with van der Waals surface area (Å²) in [6.07, 6.45) is 2.76. The first kappa shape index (κ1) is 10.7. The number of aryl methyl sites for hydroxylation is 1. The van der Waals surface area contributed by atoms with Crippen LogP contribution in [0.3, 0.4) is 0 Å². The van der Waals surface area contributed by atoms with Gasteiger partial charge in [-0.1, -0.05) is 11.6 Å². The van der Waals surface area contributed by atoms with Crippen molar-refractivity contribution >= 4 is 22.9 Å². The third-order valence-electron chi connectivity index (χ3n) is 2.23. The smallest absolute Gasteiger partial charge is 0.130 e. The number of halogens is 1. The molecule has 0 bridgehead atoms. The Bertz CT molecular complexity index is 452. The number of nitrogens with zero attached hydrogens (tertiary/aromatic N) is 2. The molecule has 80 valence electrons. The summed E-state index contributed by atoms with van der Waals surface area (Å²) in [4.78, 5) is 4.86. The van der Waals surface area contributed by atoms with Crippen LogP contribution in [0.15, 0.2) is 24.7 Å². The molecule has 3 nitrogen and oxygen atoms in total. The van der Waals surface area contributed by atoms with Crippen molar-refractivity contribution in [3.8, 4) is 0 Å². The predicted octanol–water partition coefficient (Wildman–Crippen LogP) is 2.70. The van der Waals surface area contributed by atoms with E-state index in [0.717, 1.165) is 17.1 Å². The minimum atomic E-state index is -0.634. The molecule has 2 aromatic heterocycles. The largest absolute Gasteiger partial charge is 0.381 e. The van der Waals surface area contributed by atoms with E-state index in [2.05, 4.69) is 4.98 Å². The van der Waals surface area contributed by atoms with Crippen molar-refractivity contribution in [2.45, 2.75) is 19.6 Å². The second-order valence-corrected chi connectivity index (χ2v) is 4.90. The van der Waals surface area contributed by atoms with E-state index in [1.807, 2.05) is 17.6 Å². The second kappa shape index (κ2) is 4.35. The molecule has 0 aliphatic carbocycles. The molecule has 0 saturated heterocycles. The fourth-order valence-corrected chi connectivity index (χ4v) is 2.50. The Balaban J connectivity index is 2.31. The molecule has 2 aromatic rings. The van der Waals surface area contributed by atoms with Crippen molar-refractivity contribution in [3.05, 3.63) is 39.6 Å². The minimum absolute atomic E-state index is 0.634. The van der Waals surface area contributed by atoms with Crippen molar-refractivity contribution in [3.63, 3.8) is 0 Å². The van der Waals surface area contributed by atoms with Crippen LogP contribution >= 0.6 is 22.9 Å². The van der Waals surface area contributed by atoms with E-state index in [4.69, 9.17) is 11.6 Å². The number of aliphatic hydroxyl groups excluding tert-OH is 1. The van der Waals surface area contributed by atoms with Gasteiger partial charge in [0.1, 0.15) is 6.10 Å². The summed E-state index contributed by atoms with van der Waals surface area (Å²) in [5.41, 5.74) is 0.802. The lowest BCUT2D eigenvalue weighted by Gasteiger charge is -2.10. The summed E-state index contributed by atoms with van der Waals surface area (Å²) in [5.74, 6) is 0. The van der Waals surface area contributed by atoms with Gasteiger partial charge >= 0.3 is 0 Å². The van der Waals surface area contributed by atoms with Gasteiger partial charge in [-0.15, -0.1) is 11.3 Å². The molecule has 0 fully saturated rings. The van der Waals surface area contributed by atoms with Gasteiger partial charge in [-0.25, -0.2) is 4.98 Å². The van der Waals surface area contributed by atoms with Gasteiger partial charge in [0.2, 0.25) is 0 Å². The highest BCUT2D eigenvalue weighted by Gasteiger charge is 2.16. The maximum atomic E-state index is 10.1. The summed E-state index contributed by atoms with van der Waals surface area (Å²) >= 11 is 7.21. The SMILES string of the molecule is CCn1cncc1C(O)c1ccc(Cl)s1. The first-order valence-electron chi connectivity index (χ1n) is 4.65. The monoisotopic (exact) mass is 242 g/mol. The topological polar surface area (TPSA) is 38.0 Å². The third-order valence-corrected chi connectivity index (χ3v) is 3.51. The normalized spacial score (nSPS) is 13.0. The number of rotatable bonds is 3. The number of hydrogen-bond acceptors (Lipinski definition) is 3. The van der Waals surface area contributed by atoms with Crippen molar-refractivity contribution in [2.24, 2.45) is 0 Å². The Morgan fingerprint density at radius 2 is 2.40 bits per heavy atom. The Labute approximate surface area is 97.0 Å². The highest BCUT2D eigenvalue weighted by molar-refractivity contribution is 7.16. The average Bonchev–Trinajstić information content (AvgIpc) is 2.84. The molecule has 1 atom stereocenters. The third kappa shape index (κ3) is 2.07. The fraction of sp³-hybridized carbons (Fsp3) is 0.300. The van der Waals surface area contributed by atoms with Gasteiger partial charge < -0.3 is 9.67 Å². The highest BCUT2D eigenvalue weighted by atomic mass is 35.5. The van der Waals surface area contributed by atoms with Gasteiger partial charge in [-0.3, -0.25) is 0 Å². The van der Waals surface area contributed by atoms with Crippen LogP contribution in [0.4, 0.5) is 0 Å². The zero-order valence-electron chi connectivity index (χ0n) is 8.22. The van der Waals surface area contributed by atoms with E-state index in [-0.39, 0.29) is 0 Å². The average molecular weight is 243 g/mol. The zero-order chi connectivity index (χ0) is 10.8. The Hall–Kier alpha value is -0.840. The van der Waals surface area contributed by atoms with Crippen molar-refractivity contribution < 1.29 is 5.11 Å². The second-order valence-electron chi connectivity index (χ2n) is 3.15. The lowest BCUT2D eigenvalue weighted by Crippen LogP contribution is -2.05. The van der Waals surface area contributed by atoms with Crippen molar-refractivity contribution in [2.75, 3.05) is 0 Å². The maximum Gasteiger partial charge on any atom is 0.130 e. The molecule has 2 heterocycles. The molecule has 1 N–H and O–H groups in total. The molecule has 1 unspecified atom stereocenters. The van der Waals surface area contributed by atoms with Crippen LogP contribution in [-0.4, -0.2) is 14.7 Å². The number of aromatic nitrogens is 2. The molecule has 0 spiro atoms. The quantitative estimate of drug-likeness (QED) is 0.899. The van der Waals surface area contributed by atoms with E-state index in [1.165, 1.54) is 11.3 Å². The Morgan fingerprint density at radius 1 is 1.60 bits per heavy atom. The molecule has 0 aliphatic heterocycles. The van der Waals surface area contributed by atoms with E-state index in [0.29, 0.717) is 4.34 Å². The maximum absolute atomic E-state index is 10.1. The Kier molecular flexibility index (Phi) is 3.09. The number of imidazole rings is 1. The summed E-state index contributed by atoms with van der Waals surface area (Å²) in [6, 6.07) is 3.63. The molecule has 0 radical (unpaired) electrons. The van der Waals surface area contributed by atoms with Gasteiger partial charge in [0, 0.05) is 11.4 Å². The number of aliphatic hydroxyl groups is 1. The van der Waals surface area contributed by atoms with Gasteiger partial charge in [0.05, 0.1) is 22.6 Å². The lowest BCUT2D eigenvalue weighted by atomic mass is 10.2. The summed E-state index contributed by atoms with van der Waals surface area (Å²) in [7, 11) is 0. The fourth-order valence-electron chi connectivity index (χ4n) is 1.44. The standard InChI is InChI=1S/C10H11ClN2OS/c1-2-13-6-12-5-7(13)10(14)8-3-4-9(11)15-8/h3-6,10,14H,2H2,1H3. The number of hydrogen-bond donors (Lipinski definition) is 1. The van der Waals surface area contributed by atoms with Crippen LogP contribution in [0, 0.1) is 0 Å². The van der Waals surface area contributed by atoms with E-state index >= 15 is 0 Å². The molecular formula is C10H11ClN2OS. The van der Waals surface area contributed by atoms with E-state index in [1.54, 1.807) is 18.6 Å². The zero-order valence-corrected chi connectivity index (χ0v) is 9.79. The molecule has 0 saturated carbocycles. The summed E-state index contributed by atoms with van der Waals surface area (Å²) in [5, 5.41) is 10.1. The van der Waals surface area contributed by atoms with Crippen LogP contribution in [0.25, 0.3) is 0 Å². The first-order chi connectivity index (χ1) is 7.22. The molecule has 0 aliphatic rings. The van der Waals surface area contributed by atoms with E-state index in [9.17, 15) is 5.11 Å². The van der Waals surface area contributed by atoms with Crippen molar-refractivity contribution in [1.82, 2.24) is 9.55 Å². The first-order valence-corrected chi connectivity index (χ1v) is 5.85.